The van der Waals surface area contributed by atoms with E-state index < -0.39 is 9.84 Å². The molecule has 2 rings (SSSR count). The molecule has 23 heavy (non-hydrogen) atoms. The van der Waals surface area contributed by atoms with Gasteiger partial charge in [-0.1, -0.05) is 35.9 Å². The number of aryl methyl sites for hydroxylation is 2. The van der Waals surface area contributed by atoms with E-state index in [-0.39, 0.29) is 23.0 Å². The van der Waals surface area contributed by atoms with Crippen LogP contribution < -0.4 is 5.32 Å². The van der Waals surface area contributed by atoms with Gasteiger partial charge in [0, 0.05) is 6.42 Å². The van der Waals surface area contributed by atoms with E-state index in [4.69, 9.17) is 11.6 Å². The van der Waals surface area contributed by atoms with Gasteiger partial charge in [0.25, 0.3) is 0 Å². The number of rotatable bonds is 5. The zero-order chi connectivity index (χ0) is 17.0. The molecule has 6 heteroatoms. The number of hydrogen-bond acceptors (Lipinski definition) is 3. The lowest BCUT2D eigenvalue weighted by Gasteiger charge is -2.11. The molecule has 2 aromatic carbocycles. The van der Waals surface area contributed by atoms with Gasteiger partial charge in [0.15, 0.2) is 9.84 Å². The maximum absolute atomic E-state index is 12.2. The van der Waals surface area contributed by atoms with Gasteiger partial charge in [-0.05, 0) is 43.2 Å². The lowest BCUT2D eigenvalue weighted by Crippen LogP contribution is -2.18. The van der Waals surface area contributed by atoms with Crippen LogP contribution in [-0.2, 0) is 14.6 Å². The maximum atomic E-state index is 12.2. The Labute approximate surface area is 141 Å². The van der Waals surface area contributed by atoms with Crippen LogP contribution in [0.1, 0.15) is 17.5 Å². The largest absolute Gasteiger partial charge is 0.325 e. The van der Waals surface area contributed by atoms with Crippen molar-refractivity contribution in [3.8, 4) is 0 Å². The molecule has 0 bridgehead atoms. The molecule has 0 saturated heterocycles. The van der Waals surface area contributed by atoms with Gasteiger partial charge in [-0.3, -0.25) is 4.79 Å². The molecule has 0 aliphatic rings. The predicted octanol–water partition coefficient (Wildman–Crippen LogP) is 3.76. The topological polar surface area (TPSA) is 63.2 Å². The lowest BCUT2D eigenvalue weighted by molar-refractivity contribution is -0.115. The van der Waals surface area contributed by atoms with Crippen LogP contribution in [0.15, 0.2) is 47.4 Å². The summed E-state index contributed by atoms with van der Waals surface area (Å²) in [5, 5.41) is 3.14. The summed E-state index contributed by atoms with van der Waals surface area (Å²) in [6.07, 6.45) is -0.124. The van der Waals surface area contributed by atoms with Crippen molar-refractivity contribution in [3.05, 3.63) is 58.6 Å². The highest BCUT2D eigenvalue weighted by Crippen LogP contribution is 2.27. The van der Waals surface area contributed by atoms with Gasteiger partial charge in [0.2, 0.25) is 5.91 Å². The summed E-state index contributed by atoms with van der Waals surface area (Å²) in [7, 11) is -3.47. The fourth-order valence-corrected chi connectivity index (χ4v) is 3.88. The van der Waals surface area contributed by atoms with Gasteiger partial charge < -0.3 is 5.32 Å². The van der Waals surface area contributed by atoms with Crippen LogP contribution in [0.4, 0.5) is 5.69 Å². The summed E-state index contributed by atoms with van der Waals surface area (Å²) in [6, 6.07) is 11.8. The molecule has 0 saturated carbocycles. The van der Waals surface area contributed by atoms with E-state index in [2.05, 4.69) is 5.32 Å². The molecule has 0 aliphatic carbocycles. The number of halogens is 1. The van der Waals surface area contributed by atoms with Crippen molar-refractivity contribution in [2.24, 2.45) is 0 Å². The Kier molecular flexibility index (Phi) is 5.44. The smallest absolute Gasteiger partial charge is 0.225 e. The van der Waals surface area contributed by atoms with Crippen molar-refractivity contribution < 1.29 is 13.2 Å². The van der Waals surface area contributed by atoms with E-state index >= 15 is 0 Å². The molecule has 0 aromatic heterocycles. The van der Waals surface area contributed by atoms with Crippen LogP contribution in [0.2, 0.25) is 5.02 Å². The molecule has 1 amide bonds. The lowest BCUT2D eigenvalue weighted by atomic mass is 10.1. The zero-order valence-electron chi connectivity index (χ0n) is 13.0. The monoisotopic (exact) mass is 351 g/mol. The van der Waals surface area contributed by atoms with Crippen LogP contribution in [-0.4, -0.2) is 20.1 Å². The minimum absolute atomic E-state index is 0.124. The van der Waals surface area contributed by atoms with Crippen molar-refractivity contribution in [2.75, 3.05) is 11.1 Å². The summed E-state index contributed by atoms with van der Waals surface area (Å²) in [6.45, 7) is 3.76. The number of benzene rings is 2. The second-order valence-electron chi connectivity index (χ2n) is 5.37. The van der Waals surface area contributed by atoms with Crippen molar-refractivity contribution in [1.82, 2.24) is 0 Å². The van der Waals surface area contributed by atoms with Crippen molar-refractivity contribution in [3.63, 3.8) is 0 Å². The minimum Gasteiger partial charge on any atom is -0.325 e. The normalized spacial score (nSPS) is 11.3. The van der Waals surface area contributed by atoms with Gasteiger partial charge in [0.05, 0.1) is 21.4 Å². The van der Waals surface area contributed by atoms with E-state index in [0.29, 0.717) is 10.7 Å². The quantitative estimate of drug-likeness (QED) is 0.892. The standard InChI is InChI=1S/C17H18ClNO3S/c1-12-10-13(2)17(15(18)11-12)19-16(20)8-9-23(21,22)14-6-4-3-5-7-14/h3-7,10-11H,8-9H2,1-2H3,(H,19,20). The minimum atomic E-state index is -3.47. The number of anilines is 1. The molecule has 4 nitrogen and oxygen atoms in total. The van der Waals surface area contributed by atoms with E-state index in [9.17, 15) is 13.2 Å². The number of nitrogens with one attached hydrogen (secondary N) is 1. The van der Waals surface area contributed by atoms with Crippen molar-refractivity contribution >= 4 is 33.0 Å². The molecule has 122 valence electrons. The maximum Gasteiger partial charge on any atom is 0.225 e. The van der Waals surface area contributed by atoms with Gasteiger partial charge in [-0.25, -0.2) is 8.42 Å². The van der Waals surface area contributed by atoms with Gasteiger partial charge in [0.1, 0.15) is 0 Å². The first-order valence-corrected chi connectivity index (χ1v) is 9.17. The number of hydrogen-bond donors (Lipinski definition) is 1. The van der Waals surface area contributed by atoms with Crippen LogP contribution >= 0.6 is 11.6 Å². The van der Waals surface area contributed by atoms with E-state index in [1.54, 1.807) is 24.3 Å². The molecule has 0 radical (unpaired) electrons. The molecule has 0 fully saturated rings. The Hall–Kier alpha value is -1.85. The zero-order valence-corrected chi connectivity index (χ0v) is 14.5. The first-order valence-electron chi connectivity index (χ1n) is 7.14. The SMILES string of the molecule is Cc1cc(C)c(NC(=O)CCS(=O)(=O)c2ccccc2)c(Cl)c1. The summed E-state index contributed by atoms with van der Waals surface area (Å²) in [5.41, 5.74) is 2.37. The van der Waals surface area contributed by atoms with Crippen molar-refractivity contribution in [2.45, 2.75) is 25.2 Å². The fourth-order valence-electron chi connectivity index (χ4n) is 2.25. The highest BCUT2D eigenvalue weighted by atomic mass is 35.5. The summed E-state index contributed by atoms with van der Waals surface area (Å²) in [4.78, 5) is 12.3. The molecular formula is C17H18ClNO3S. The highest BCUT2D eigenvalue weighted by Gasteiger charge is 2.17. The average molecular weight is 352 g/mol. The molecule has 0 aliphatic heterocycles. The third-order valence-corrected chi connectivity index (χ3v) is 5.43. The summed E-state index contributed by atoms with van der Waals surface area (Å²) in [5.74, 6) is -0.621. The Balaban J connectivity index is 2.04. The van der Waals surface area contributed by atoms with E-state index in [1.165, 1.54) is 12.1 Å². The molecular weight excluding hydrogens is 334 g/mol. The van der Waals surface area contributed by atoms with E-state index in [1.807, 2.05) is 19.9 Å². The van der Waals surface area contributed by atoms with Crippen LogP contribution in [0.5, 0.6) is 0 Å². The Morgan fingerprint density at radius 1 is 1.13 bits per heavy atom. The highest BCUT2D eigenvalue weighted by molar-refractivity contribution is 7.91. The first kappa shape index (κ1) is 17.5. The Morgan fingerprint density at radius 2 is 1.78 bits per heavy atom. The molecule has 0 spiro atoms. The molecule has 0 atom stereocenters. The third kappa shape index (κ3) is 4.56. The second-order valence-corrected chi connectivity index (χ2v) is 7.89. The van der Waals surface area contributed by atoms with Gasteiger partial charge >= 0.3 is 0 Å². The summed E-state index contributed by atoms with van der Waals surface area (Å²) >= 11 is 6.13. The van der Waals surface area contributed by atoms with Crippen LogP contribution in [0, 0.1) is 13.8 Å². The Morgan fingerprint density at radius 3 is 2.39 bits per heavy atom. The molecule has 0 unspecified atom stereocenters. The van der Waals surface area contributed by atoms with Crippen LogP contribution in [0.3, 0.4) is 0 Å². The first-order chi connectivity index (χ1) is 10.8. The number of carbonyl (C=O) groups is 1. The summed E-state index contributed by atoms with van der Waals surface area (Å²) < 4.78 is 24.3. The molecule has 1 N–H and O–H groups in total. The van der Waals surface area contributed by atoms with Gasteiger partial charge in [-0.2, -0.15) is 0 Å². The van der Waals surface area contributed by atoms with Crippen molar-refractivity contribution in [1.29, 1.82) is 0 Å². The Bertz CT molecular complexity index is 794. The average Bonchev–Trinajstić information content (AvgIpc) is 2.50. The second kappa shape index (κ2) is 7.15. The third-order valence-electron chi connectivity index (χ3n) is 3.40. The molecule has 2 aromatic rings. The predicted molar refractivity (Wildman–Crippen MR) is 92.7 cm³/mol. The van der Waals surface area contributed by atoms with E-state index in [0.717, 1.165) is 11.1 Å². The van der Waals surface area contributed by atoms with Gasteiger partial charge in [-0.15, -0.1) is 0 Å². The molecule has 0 heterocycles. The number of sulfone groups is 1. The fraction of sp³-hybridized carbons (Fsp3) is 0.235. The van der Waals surface area contributed by atoms with Crippen LogP contribution in [0.25, 0.3) is 0 Å². The number of amides is 1. The number of carbonyl (C=O) groups excluding carboxylic acids is 1.